The molecule has 0 unspecified atom stereocenters. The molecule has 1 aromatic heterocycles. The van der Waals surface area contributed by atoms with Gasteiger partial charge in [-0.05, 0) is 12.1 Å². The summed E-state index contributed by atoms with van der Waals surface area (Å²) >= 11 is 0. The number of aromatic amines is 1. The maximum absolute atomic E-state index is 12.3. The van der Waals surface area contributed by atoms with E-state index in [4.69, 9.17) is 0 Å². The lowest BCUT2D eigenvalue weighted by Crippen LogP contribution is -2.23. The molecular weight excluding hydrogens is 366 g/mol. The van der Waals surface area contributed by atoms with Crippen molar-refractivity contribution in [3.63, 3.8) is 0 Å². The minimum absolute atomic E-state index is 0.120. The highest BCUT2D eigenvalue weighted by Crippen LogP contribution is 2.20. The molecule has 0 saturated carbocycles. The summed E-state index contributed by atoms with van der Waals surface area (Å²) in [6.07, 6.45) is 0. The van der Waals surface area contributed by atoms with E-state index in [-0.39, 0.29) is 28.6 Å². The molecule has 134 valence electrons. The monoisotopic (exact) mass is 377 g/mol. The van der Waals surface area contributed by atoms with Crippen LogP contribution in [-0.4, -0.2) is 28.2 Å². The van der Waals surface area contributed by atoms with Gasteiger partial charge in [-0.2, -0.15) is 0 Å². The number of imidazole rings is 1. The second kappa shape index (κ2) is 6.50. The van der Waals surface area contributed by atoms with E-state index in [1.54, 1.807) is 0 Å². The van der Waals surface area contributed by atoms with Gasteiger partial charge in [0.2, 0.25) is 10.0 Å². The van der Waals surface area contributed by atoms with E-state index >= 15 is 0 Å². The van der Waals surface area contributed by atoms with Crippen molar-refractivity contribution in [3.05, 3.63) is 68.5 Å². The second-order valence-corrected chi connectivity index (χ2v) is 6.99. The van der Waals surface area contributed by atoms with Crippen LogP contribution in [0.5, 0.6) is 0 Å². The maximum atomic E-state index is 12.3. The molecule has 3 rings (SSSR count). The fourth-order valence-corrected chi connectivity index (χ4v) is 3.29. The smallest absolute Gasteiger partial charge is 0.271 e. The van der Waals surface area contributed by atoms with Gasteiger partial charge in [0.05, 0.1) is 32.3 Å². The van der Waals surface area contributed by atoms with Crippen molar-refractivity contribution < 1.29 is 18.3 Å². The van der Waals surface area contributed by atoms with Gasteiger partial charge in [0.15, 0.2) is 0 Å². The molecule has 0 amide bonds. The van der Waals surface area contributed by atoms with E-state index in [1.807, 2.05) is 0 Å². The average molecular weight is 377 g/mol. The van der Waals surface area contributed by atoms with Crippen molar-refractivity contribution in [2.45, 2.75) is 11.4 Å². The van der Waals surface area contributed by atoms with Crippen LogP contribution in [0, 0.1) is 20.2 Å². The lowest BCUT2D eigenvalue weighted by atomic mass is 10.3. The molecule has 2 aromatic carbocycles. The minimum Gasteiger partial charge on any atom is -0.341 e. The summed E-state index contributed by atoms with van der Waals surface area (Å²) in [6, 6.07) is 8.67. The van der Waals surface area contributed by atoms with Gasteiger partial charge in [0.25, 0.3) is 11.4 Å². The number of H-pyrrole nitrogens is 1. The molecule has 0 aliphatic heterocycles. The van der Waals surface area contributed by atoms with Gasteiger partial charge in [0, 0.05) is 24.3 Å². The van der Waals surface area contributed by atoms with E-state index in [1.165, 1.54) is 36.4 Å². The van der Waals surface area contributed by atoms with E-state index in [0.717, 1.165) is 6.07 Å². The van der Waals surface area contributed by atoms with Crippen LogP contribution in [0.15, 0.2) is 47.4 Å². The van der Waals surface area contributed by atoms with Crippen molar-refractivity contribution in [2.75, 3.05) is 0 Å². The highest BCUT2D eigenvalue weighted by atomic mass is 32.2. The molecule has 0 aliphatic rings. The van der Waals surface area contributed by atoms with Crippen LogP contribution in [0.4, 0.5) is 11.4 Å². The van der Waals surface area contributed by atoms with Crippen LogP contribution >= 0.6 is 0 Å². The fourth-order valence-electron chi connectivity index (χ4n) is 2.26. The summed E-state index contributed by atoms with van der Waals surface area (Å²) in [5.74, 6) is 0.245. The number of nitrogens with one attached hydrogen (secondary N) is 2. The molecule has 0 radical (unpaired) electrons. The summed E-state index contributed by atoms with van der Waals surface area (Å²) < 4.78 is 26.8. The predicted octanol–water partition coefficient (Wildman–Crippen LogP) is 1.86. The first-order valence-corrected chi connectivity index (χ1v) is 8.62. The third-order valence-corrected chi connectivity index (χ3v) is 4.89. The van der Waals surface area contributed by atoms with Gasteiger partial charge in [-0.1, -0.05) is 6.07 Å². The lowest BCUT2D eigenvalue weighted by molar-refractivity contribution is -0.385. The van der Waals surface area contributed by atoms with Crippen LogP contribution in [0.25, 0.3) is 11.0 Å². The van der Waals surface area contributed by atoms with Gasteiger partial charge in [-0.25, -0.2) is 18.1 Å². The number of aromatic nitrogens is 2. The normalized spacial score (nSPS) is 11.5. The number of nitro benzene ring substituents is 2. The van der Waals surface area contributed by atoms with Crippen LogP contribution in [0.2, 0.25) is 0 Å². The number of hydrogen-bond donors (Lipinski definition) is 2. The first-order valence-electron chi connectivity index (χ1n) is 7.13. The lowest BCUT2D eigenvalue weighted by Gasteiger charge is -2.05. The molecule has 26 heavy (non-hydrogen) atoms. The second-order valence-electron chi connectivity index (χ2n) is 5.22. The van der Waals surface area contributed by atoms with Crippen molar-refractivity contribution in [3.8, 4) is 0 Å². The first kappa shape index (κ1) is 17.4. The van der Waals surface area contributed by atoms with Gasteiger partial charge >= 0.3 is 0 Å². The Morgan fingerprint density at radius 2 is 1.73 bits per heavy atom. The van der Waals surface area contributed by atoms with Gasteiger partial charge in [-0.15, -0.1) is 0 Å². The number of non-ortho nitro benzene ring substituents is 2. The molecule has 0 atom stereocenters. The summed E-state index contributed by atoms with van der Waals surface area (Å²) in [4.78, 5) is 27.0. The molecule has 2 N–H and O–H groups in total. The van der Waals surface area contributed by atoms with Crippen LogP contribution in [-0.2, 0) is 16.6 Å². The van der Waals surface area contributed by atoms with Gasteiger partial charge < -0.3 is 4.98 Å². The van der Waals surface area contributed by atoms with Crippen molar-refractivity contribution in [1.82, 2.24) is 14.7 Å². The molecule has 0 spiro atoms. The molecule has 11 nitrogen and oxygen atoms in total. The molecule has 0 aliphatic carbocycles. The third kappa shape index (κ3) is 3.50. The summed E-state index contributed by atoms with van der Waals surface area (Å²) in [6.45, 7) is -0.215. The number of nitro groups is 2. The van der Waals surface area contributed by atoms with Gasteiger partial charge in [0.1, 0.15) is 5.82 Å². The number of benzene rings is 2. The van der Waals surface area contributed by atoms with Gasteiger partial charge in [-0.3, -0.25) is 20.2 Å². The predicted molar refractivity (Wildman–Crippen MR) is 89.9 cm³/mol. The Morgan fingerprint density at radius 1 is 1.04 bits per heavy atom. The number of hydrogen-bond acceptors (Lipinski definition) is 7. The number of rotatable bonds is 6. The highest BCUT2D eigenvalue weighted by Gasteiger charge is 2.18. The molecule has 0 saturated heterocycles. The number of fused-ring (bicyclic) bond motifs is 1. The van der Waals surface area contributed by atoms with Crippen LogP contribution in [0.1, 0.15) is 5.82 Å². The highest BCUT2D eigenvalue weighted by molar-refractivity contribution is 7.89. The Labute approximate surface area is 146 Å². The third-order valence-electron chi connectivity index (χ3n) is 3.49. The summed E-state index contributed by atoms with van der Waals surface area (Å²) in [5, 5.41) is 21.5. The largest absolute Gasteiger partial charge is 0.341 e. The van der Waals surface area contributed by atoms with E-state index in [9.17, 15) is 28.6 Å². The Hall–Kier alpha value is -3.38. The zero-order valence-electron chi connectivity index (χ0n) is 12.9. The average Bonchev–Trinajstić information content (AvgIpc) is 3.02. The number of nitrogens with zero attached hydrogens (tertiary/aromatic N) is 3. The van der Waals surface area contributed by atoms with Crippen molar-refractivity contribution in [1.29, 1.82) is 0 Å². The Kier molecular flexibility index (Phi) is 4.36. The van der Waals surface area contributed by atoms with Crippen LogP contribution in [0.3, 0.4) is 0 Å². The van der Waals surface area contributed by atoms with E-state index < -0.39 is 19.9 Å². The molecule has 1 heterocycles. The Balaban J connectivity index is 1.81. The Morgan fingerprint density at radius 3 is 2.42 bits per heavy atom. The SMILES string of the molecule is O=[N+]([O-])c1cccc(S(=O)(=O)NCc2nc3ccc([N+](=O)[O-])cc3[nH]2)c1. The number of sulfonamides is 1. The minimum atomic E-state index is -4.00. The first-order chi connectivity index (χ1) is 12.3. The van der Waals surface area contributed by atoms with E-state index in [2.05, 4.69) is 14.7 Å². The molecule has 0 bridgehead atoms. The zero-order valence-corrected chi connectivity index (χ0v) is 13.8. The quantitative estimate of drug-likeness (QED) is 0.489. The van der Waals surface area contributed by atoms with Crippen molar-refractivity contribution >= 4 is 32.4 Å². The van der Waals surface area contributed by atoms with E-state index in [0.29, 0.717) is 11.0 Å². The topological polar surface area (TPSA) is 161 Å². The zero-order chi connectivity index (χ0) is 18.9. The molecule has 12 heteroatoms. The standard InChI is InChI=1S/C14H11N5O6S/c20-18(21)9-2-1-3-11(6-9)26(24,25)15-8-14-16-12-5-4-10(19(22)23)7-13(12)17-14/h1-7,15H,8H2,(H,16,17). The molecule has 3 aromatic rings. The molecular formula is C14H11N5O6S. The van der Waals surface area contributed by atoms with Crippen LogP contribution < -0.4 is 4.72 Å². The fraction of sp³-hybridized carbons (Fsp3) is 0.0714. The summed E-state index contributed by atoms with van der Waals surface area (Å²) in [5.41, 5.74) is 0.373. The molecule has 0 fully saturated rings. The Bertz CT molecular complexity index is 1120. The summed E-state index contributed by atoms with van der Waals surface area (Å²) in [7, 11) is -4.00. The van der Waals surface area contributed by atoms with Crippen molar-refractivity contribution in [2.24, 2.45) is 0 Å². The maximum Gasteiger partial charge on any atom is 0.271 e.